The summed E-state index contributed by atoms with van der Waals surface area (Å²) in [6.45, 7) is 4.25. The fourth-order valence-corrected chi connectivity index (χ4v) is 2.26. The Bertz CT molecular complexity index is 264. The van der Waals surface area contributed by atoms with Crippen LogP contribution in [-0.4, -0.2) is 25.0 Å². The lowest BCUT2D eigenvalue weighted by atomic mass is 9.94. The zero-order valence-electron chi connectivity index (χ0n) is 10.8. The van der Waals surface area contributed by atoms with Gasteiger partial charge in [0.15, 0.2) is 0 Å². The van der Waals surface area contributed by atoms with Gasteiger partial charge in [-0.05, 0) is 44.7 Å². The summed E-state index contributed by atoms with van der Waals surface area (Å²) < 4.78 is 0. The maximum atomic E-state index is 11.7. The van der Waals surface area contributed by atoms with E-state index in [4.69, 9.17) is 6.42 Å². The van der Waals surface area contributed by atoms with Crippen LogP contribution in [0.1, 0.15) is 45.4 Å². The third kappa shape index (κ3) is 5.74. The van der Waals surface area contributed by atoms with Crippen molar-refractivity contribution in [3.05, 3.63) is 0 Å². The van der Waals surface area contributed by atoms with Gasteiger partial charge in [-0.15, -0.1) is 6.42 Å². The predicted octanol–water partition coefficient (Wildman–Crippen LogP) is 1.68. The van der Waals surface area contributed by atoms with Gasteiger partial charge in [0.05, 0.1) is 6.04 Å². The van der Waals surface area contributed by atoms with E-state index in [9.17, 15) is 4.79 Å². The van der Waals surface area contributed by atoms with Gasteiger partial charge in [0.25, 0.3) is 0 Å². The van der Waals surface area contributed by atoms with E-state index >= 15 is 0 Å². The minimum absolute atomic E-state index is 0.0861. The second-order valence-electron chi connectivity index (χ2n) is 4.83. The van der Waals surface area contributed by atoms with Crippen molar-refractivity contribution in [2.75, 3.05) is 13.1 Å². The molecule has 0 radical (unpaired) electrons. The number of carbonyl (C=O) groups excluding carboxylic acids is 1. The number of amides is 1. The van der Waals surface area contributed by atoms with Crippen LogP contribution in [0.15, 0.2) is 0 Å². The number of nitrogens with one attached hydrogen (secondary N) is 2. The third-order valence-electron chi connectivity index (χ3n) is 3.29. The highest BCUT2D eigenvalue weighted by Crippen LogP contribution is 2.15. The summed E-state index contributed by atoms with van der Waals surface area (Å²) in [6, 6.07) is -0.0861. The summed E-state index contributed by atoms with van der Waals surface area (Å²) in [5, 5.41) is 6.28. The molecule has 0 aliphatic carbocycles. The number of carbonyl (C=O) groups is 1. The average molecular weight is 236 g/mol. The van der Waals surface area contributed by atoms with Crippen molar-refractivity contribution >= 4 is 5.91 Å². The summed E-state index contributed by atoms with van der Waals surface area (Å²) in [6.07, 6.45) is 11.3. The van der Waals surface area contributed by atoms with Gasteiger partial charge < -0.3 is 10.6 Å². The lowest BCUT2D eigenvalue weighted by Crippen LogP contribution is -2.35. The molecule has 17 heavy (non-hydrogen) atoms. The maximum absolute atomic E-state index is 11.7. The zero-order valence-corrected chi connectivity index (χ0v) is 10.8. The second kappa shape index (κ2) is 8.14. The first kappa shape index (κ1) is 14.1. The molecule has 3 nitrogen and oxygen atoms in total. The molecule has 2 atom stereocenters. The summed E-state index contributed by atoms with van der Waals surface area (Å²) in [5.41, 5.74) is 0. The lowest BCUT2D eigenvalue weighted by molar-refractivity contribution is -0.121. The number of piperidine rings is 1. The van der Waals surface area contributed by atoms with Crippen LogP contribution in [0.4, 0.5) is 0 Å². The van der Waals surface area contributed by atoms with Gasteiger partial charge in [0.2, 0.25) is 5.91 Å². The second-order valence-corrected chi connectivity index (χ2v) is 4.83. The van der Waals surface area contributed by atoms with Gasteiger partial charge in [-0.3, -0.25) is 4.79 Å². The molecule has 2 unspecified atom stereocenters. The molecule has 0 bridgehead atoms. The van der Waals surface area contributed by atoms with Gasteiger partial charge >= 0.3 is 0 Å². The van der Waals surface area contributed by atoms with E-state index in [0.717, 1.165) is 32.4 Å². The van der Waals surface area contributed by atoms with Crippen molar-refractivity contribution in [2.24, 2.45) is 5.92 Å². The van der Waals surface area contributed by atoms with Crippen LogP contribution in [0, 0.1) is 18.3 Å². The Morgan fingerprint density at radius 2 is 2.47 bits per heavy atom. The number of terminal acetylenes is 1. The largest absolute Gasteiger partial charge is 0.342 e. The Morgan fingerprint density at radius 3 is 3.06 bits per heavy atom. The fraction of sp³-hybridized carbons (Fsp3) is 0.786. The summed E-state index contributed by atoms with van der Waals surface area (Å²) in [5.74, 6) is 3.39. The van der Waals surface area contributed by atoms with Crippen molar-refractivity contribution < 1.29 is 4.79 Å². The quantitative estimate of drug-likeness (QED) is 0.689. The molecule has 1 aliphatic rings. The molecule has 1 amide bonds. The van der Waals surface area contributed by atoms with E-state index in [0.29, 0.717) is 12.3 Å². The number of hydrogen-bond donors (Lipinski definition) is 2. The highest BCUT2D eigenvalue weighted by atomic mass is 16.1. The highest BCUT2D eigenvalue weighted by Gasteiger charge is 2.15. The molecule has 0 aromatic heterocycles. The van der Waals surface area contributed by atoms with Gasteiger partial charge in [0.1, 0.15) is 0 Å². The number of hydrogen-bond acceptors (Lipinski definition) is 2. The van der Waals surface area contributed by atoms with Crippen molar-refractivity contribution in [2.45, 2.75) is 51.5 Å². The summed E-state index contributed by atoms with van der Waals surface area (Å²) >= 11 is 0. The molecule has 1 saturated heterocycles. The normalized spacial score (nSPS) is 21.5. The molecule has 0 aromatic carbocycles. The summed E-state index contributed by atoms with van der Waals surface area (Å²) in [7, 11) is 0. The molecule has 1 rings (SSSR count). The van der Waals surface area contributed by atoms with Crippen LogP contribution >= 0.6 is 0 Å². The van der Waals surface area contributed by atoms with E-state index in [-0.39, 0.29) is 11.9 Å². The molecule has 1 heterocycles. The number of rotatable bonds is 6. The van der Waals surface area contributed by atoms with Crippen molar-refractivity contribution in [1.29, 1.82) is 0 Å². The van der Waals surface area contributed by atoms with Crippen molar-refractivity contribution in [1.82, 2.24) is 10.6 Å². The minimum atomic E-state index is -0.0861. The Balaban J connectivity index is 2.17. The zero-order chi connectivity index (χ0) is 12.5. The molecule has 3 heteroatoms. The van der Waals surface area contributed by atoms with E-state index < -0.39 is 0 Å². The predicted molar refractivity (Wildman–Crippen MR) is 70.5 cm³/mol. The summed E-state index contributed by atoms with van der Waals surface area (Å²) in [4.78, 5) is 11.7. The smallest absolute Gasteiger partial charge is 0.220 e. The Morgan fingerprint density at radius 1 is 1.65 bits per heavy atom. The first-order valence-corrected chi connectivity index (χ1v) is 6.72. The molecule has 0 saturated carbocycles. The molecule has 1 aliphatic heterocycles. The van der Waals surface area contributed by atoms with E-state index in [1.54, 1.807) is 0 Å². The Hall–Kier alpha value is -1.01. The molecule has 0 spiro atoms. The van der Waals surface area contributed by atoms with Gasteiger partial charge in [-0.25, -0.2) is 0 Å². The monoisotopic (exact) mass is 236 g/mol. The van der Waals surface area contributed by atoms with Crippen LogP contribution in [0.25, 0.3) is 0 Å². The Kier molecular flexibility index (Phi) is 6.73. The third-order valence-corrected chi connectivity index (χ3v) is 3.29. The molecule has 0 aromatic rings. The van der Waals surface area contributed by atoms with E-state index in [2.05, 4.69) is 23.5 Å². The van der Waals surface area contributed by atoms with Crippen LogP contribution in [-0.2, 0) is 4.79 Å². The first-order chi connectivity index (χ1) is 8.26. The van der Waals surface area contributed by atoms with Crippen molar-refractivity contribution in [3.63, 3.8) is 0 Å². The van der Waals surface area contributed by atoms with Gasteiger partial charge in [-0.1, -0.05) is 19.3 Å². The average Bonchev–Trinajstić information content (AvgIpc) is 2.37. The minimum Gasteiger partial charge on any atom is -0.342 e. The van der Waals surface area contributed by atoms with Gasteiger partial charge in [-0.2, -0.15) is 0 Å². The SMILES string of the molecule is C#CC(CCC)NC(=O)CCC1CCCNC1. The maximum Gasteiger partial charge on any atom is 0.220 e. The van der Waals surface area contributed by atoms with Crippen LogP contribution in [0.3, 0.4) is 0 Å². The lowest BCUT2D eigenvalue weighted by Gasteiger charge is -2.22. The molecule has 2 N–H and O–H groups in total. The Labute approximate surface area is 105 Å². The molecule has 96 valence electrons. The van der Waals surface area contributed by atoms with Gasteiger partial charge in [0, 0.05) is 6.42 Å². The van der Waals surface area contributed by atoms with E-state index in [1.807, 2.05) is 0 Å². The molecule has 1 fully saturated rings. The van der Waals surface area contributed by atoms with Crippen LogP contribution in [0.2, 0.25) is 0 Å². The molecular formula is C14H24N2O. The molecular weight excluding hydrogens is 212 g/mol. The topological polar surface area (TPSA) is 41.1 Å². The fourth-order valence-electron chi connectivity index (χ4n) is 2.26. The standard InChI is InChI=1S/C14H24N2O/c1-3-6-13(4-2)16-14(17)9-8-12-7-5-10-15-11-12/h2,12-13,15H,3,5-11H2,1H3,(H,16,17). The highest BCUT2D eigenvalue weighted by molar-refractivity contribution is 5.76. The first-order valence-electron chi connectivity index (χ1n) is 6.72. The van der Waals surface area contributed by atoms with Crippen LogP contribution < -0.4 is 10.6 Å². The van der Waals surface area contributed by atoms with Crippen LogP contribution in [0.5, 0.6) is 0 Å². The van der Waals surface area contributed by atoms with Crippen molar-refractivity contribution in [3.8, 4) is 12.3 Å². The van der Waals surface area contributed by atoms with E-state index in [1.165, 1.54) is 12.8 Å².